The van der Waals surface area contributed by atoms with Gasteiger partial charge in [-0.05, 0) is 30.2 Å². The SMILES string of the molecule is CC1CCCC(CCl)(NC(=O)c2ccsc2)C1. The van der Waals surface area contributed by atoms with Gasteiger partial charge in [0.1, 0.15) is 0 Å². The molecule has 2 unspecified atom stereocenters. The second-order valence-electron chi connectivity index (χ2n) is 5.08. The van der Waals surface area contributed by atoms with Crippen molar-refractivity contribution in [2.24, 2.45) is 5.92 Å². The molecule has 2 atom stereocenters. The van der Waals surface area contributed by atoms with Crippen LogP contribution in [0.5, 0.6) is 0 Å². The quantitative estimate of drug-likeness (QED) is 0.835. The number of alkyl halides is 1. The van der Waals surface area contributed by atoms with Crippen molar-refractivity contribution in [2.75, 3.05) is 5.88 Å². The zero-order chi connectivity index (χ0) is 12.3. The second kappa shape index (κ2) is 5.40. The van der Waals surface area contributed by atoms with Crippen molar-refractivity contribution in [3.05, 3.63) is 22.4 Å². The van der Waals surface area contributed by atoms with Gasteiger partial charge in [-0.1, -0.05) is 19.8 Å². The largest absolute Gasteiger partial charge is 0.345 e. The van der Waals surface area contributed by atoms with E-state index in [2.05, 4.69) is 12.2 Å². The maximum Gasteiger partial charge on any atom is 0.252 e. The molecule has 1 aromatic heterocycles. The Hall–Kier alpha value is -0.540. The van der Waals surface area contributed by atoms with Crippen LogP contribution in [0.4, 0.5) is 0 Å². The molecule has 17 heavy (non-hydrogen) atoms. The molecule has 1 aromatic rings. The molecule has 1 saturated carbocycles. The van der Waals surface area contributed by atoms with Gasteiger partial charge in [-0.15, -0.1) is 11.6 Å². The highest BCUT2D eigenvalue weighted by molar-refractivity contribution is 7.08. The molecule has 2 rings (SSSR count). The number of carbonyl (C=O) groups excluding carboxylic acids is 1. The van der Waals surface area contributed by atoms with Crippen molar-refractivity contribution in [2.45, 2.75) is 38.1 Å². The summed E-state index contributed by atoms with van der Waals surface area (Å²) >= 11 is 7.64. The minimum absolute atomic E-state index is 0.0148. The summed E-state index contributed by atoms with van der Waals surface area (Å²) in [6.45, 7) is 2.23. The smallest absolute Gasteiger partial charge is 0.252 e. The minimum Gasteiger partial charge on any atom is -0.345 e. The fourth-order valence-corrected chi connectivity index (χ4v) is 3.58. The Balaban J connectivity index is 2.06. The first-order chi connectivity index (χ1) is 8.15. The Labute approximate surface area is 111 Å². The van der Waals surface area contributed by atoms with Crippen molar-refractivity contribution in [1.29, 1.82) is 0 Å². The molecule has 2 nitrogen and oxygen atoms in total. The molecule has 0 aliphatic heterocycles. The Morgan fingerprint density at radius 1 is 1.71 bits per heavy atom. The first-order valence-electron chi connectivity index (χ1n) is 6.06. The van der Waals surface area contributed by atoms with Gasteiger partial charge in [0, 0.05) is 11.3 Å². The molecular formula is C13H18ClNOS. The lowest BCUT2D eigenvalue weighted by molar-refractivity contribution is 0.0868. The van der Waals surface area contributed by atoms with Crippen molar-refractivity contribution < 1.29 is 4.79 Å². The highest BCUT2D eigenvalue weighted by Gasteiger charge is 2.35. The van der Waals surface area contributed by atoms with Crippen molar-refractivity contribution >= 4 is 28.8 Å². The van der Waals surface area contributed by atoms with Crippen LogP contribution in [-0.4, -0.2) is 17.3 Å². The maximum atomic E-state index is 12.1. The molecule has 1 aliphatic carbocycles. The average Bonchev–Trinajstić information content (AvgIpc) is 2.82. The van der Waals surface area contributed by atoms with E-state index in [1.54, 1.807) is 11.3 Å². The molecule has 1 heterocycles. The van der Waals surface area contributed by atoms with E-state index in [4.69, 9.17) is 11.6 Å². The van der Waals surface area contributed by atoms with Crippen LogP contribution >= 0.6 is 22.9 Å². The summed E-state index contributed by atoms with van der Waals surface area (Å²) in [6, 6.07) is 1.86. The minimum atomic E-state index is -0.196. The van der Waals surface area contributed by atoms with Gasteiger partial charge in [0.25, 0.3) is 5.91 Å². The number of hydrogen-bond acceptors (Lipinski definition) is 2. The van der Waals surface area contributed by atoms with Gasteiger partial charge in [-0.25, -0.2) is 0 Å². The number of halogens is 1. The molecule has 0 spiro atoms. The van der Waals surface area contributed by atoms with E-state index >= 15 is 0 Å². The predicted octanol–water partition coefficient (Wildman–Crippen LogP) is 3.67. The molecule has 1 fully saturated rings. The maximum absolute atomic E-state index is 12.1. The van der Waals surface area contributed by atoms with Gasteiger partial charge >= 0.3 is 0 Å². The van der Waals surface area contributed by atoms with E-state index in [9.17, 15) is 4.79 Å². The molecule has 0 radical (unpaired) electrons. The average molecular weight is 272 g/mol. The summed E-state index contributed by atoms with van der Waals surface area (Å²) in [5, 5.41) is 6.95. The second-order valence-corrected chi connectivity index (χ2v) is 6.13. The summed E-state index contributed by atoms with van der Waals surface area (Å²) in [5.41, 5.74) is 0.552. The highest BCUT2D eigenvalue weighted by atomic mass is 35.5. The van der Waals surface area contributed by atoms with Crippen molar-refractivity contribution in [3.63, 3.8) is 0 Å². The van der Waals surface area contributed by atoms with Gasteiger partial charge in [0.05, 0.1) is 11.1 Å². The molecule has 0 bridgehead atoms. The van der Waals surface area contributed by atoms with Crippen molar-refractivity contribution in [1.82, 2.24) is 5.32 Å². The van der Waals surface area contributed by atoms with Crippen LogP contribution in [0.2, 0.25) is 0 Å². The lowest BCUT2D eigenvalue weighted by atomic mass is 9.77. The first-order valence-corrected chi connectivity index (χ1v) is 7.54. The number of hydrogen-bond donors (Lipinski definition) is 1. The number of carbonyl (C=O) groups is 1. The summed E-state index contributed by atoms with van der Waals surface area (Å²) in [6.07, 6.45) is 4.38. The summed E-state index contributed by atoms with van der Waals surface area (Å²) in [5.74, 6) is 1.17. The Morgan fingerprint density at radius 2 is 2.53 bits per heavy atom. The fraction of sp³-hybridized carbons (Fsp3) is 0.615. The van der Waals surface area contributed by atoms with Gasteiger partial charge < -0.3 is 5.32 Å². The Kier molecular flexibility index (Phi) is 4.10. The molecule has 0 saturated heterocycles. The highest BCUT2D eigenvalue weighted by Crippen LogP contribution is 2.33. The third-order valence-corrected chi connectivity index (χ3v) is 4.70. The van der Waals surface area contributed by atoms with Gasteiger partial charge in [0.15, 0.2) is 0 Å². The topological polar surface area (TPSA) is 29.1 Å². The standard InChI is InChI=1S/C13H18ClNOS/c1-10-3-2-5-13(7-10,9-14)15-12(16)11-4-6-17-8-11/h4,6,8,10H,2-3,5,7,9H2,1H3,(H,15,16). The van der Waals surface area contributed by atoms with Crippen LogP contribution in [0.15, 0.2) is 16.8 Å². The van der Waals surface area contributed by atoms with Crippen LogP contribution in [0.1, 0.15) is 43.0 Å². The molecule has 0 aromatic carbocycles. The first kappa shape index (κ1) is 12.9. The van der Waals surface area contributed by atoms with E-state index in [0.29, 0.717) is 11.8 Å². The number of thiophene rings is 1. The molecule has 1 aliphatic rings. The molecule has 1 N–H and O–H groups in total. The summed E-state index contributed by atoms with van der Waals surface area (Å²) < 4.78 is 0. The molecule has 1 amide bonds. The number of amides is 1. The normalized spacial score (nSPS) is 28.9. The van der Waals surface area contributed by atoms with Crippen LogP contribution < -0.4 is 5.32 Å². The van der Waals surface area contributed by atoms with E-state index in [-0.39, 0.29) is 11.4 Å². The van der Waals surface area contributed by atoms with E-state index in [1.165, 1.54) is 6.42 Å². The van der Waals surface area contributed by atoms with Crippen LogP contribution in [0.25, 0.3) is 0 Å². The van der Waals surface area contributed by atoms with E-state index < -0.39 is 0 Å². The molecule has 94 valence electrons. The molecular weight excluding hydrogens is 254 g/mol. The summed E-state index contributed by atoms with van der Waals surface area (Å²) in [7, 11) is 0. The zero-order valence-corrected chi connectivity index (χ0v) is 11.6. The monoisotopic (exact) mass is 271 g/mol. The van der Waals surface area contributed by atoms with Gasteiger partial charge in [0.2, 0.25) is 0 Å². The molecule has 4 heteroatoms. The van der Waals surface area contributed by atoms with Crippen LogP contribution in [0, 0.1) is 5.92 Å². The lowest BCUT2D eigenvalue weighted by Crippen LogP contribution is -2.52. The number of rotatable bonds is 3. The van der Waals surface area contributed by atoms with Crippen molar-refractivity contribution in [3.8, 4) is 0 Å². The van der Waals surface area contributed by atoms with E-state index in [0.717, 1.165) is 24.8 Å². The third kappa shape index (κ3) is 3.02. The van der Waals surface area contributed by atoms with Gasteiger partial charge in [-0.3, -0.25) is 4.79 Å². The fourth-order valence-electron chi connectivity index (χ4n) is 2.64. The lowest BCUT2D eigenvalue weighted by Gasteiger charge is -2.39. The summed E-state index contributed by atoms with van der Waals surface area (Å²) in [4.78, 5) is 12.1. The predicted molar refractivity (Wildman–Crippen MR) is 72.9 cm³/mol. The van der Waals surface area contributed by atoms with Crippen LogP contribution in [-0.2, 0) is 0 Å². The van der Waals surface area contributed by atoms with Gasteiger partial charge in [-0.2, -0.15) is 11.3 Å². The van der Waals surface area contributed by atoms with Crippen LogP contribution in [0.3, 0.4) is 0 Å². The Morgan fingerprint density at radius 3 is 3.12 bits per heavy atom. The third-order valence-electron chi connectivity index (χ3n) is 3.51. The zero-order valence-electron chi connectivity index (χ0n) is 10.0. The Bertz CT molecular complexity index is 379. The number of nitrogens with one attached hydrogen (secondary N) is 1. The van der Waals surface area contributed by atoms with E-state index in [1.807, 2.05) is 16.8 Å².